The van der Waals surface area contributed by atoms with Crippen molar-refractivity contribution in [3.63, 3.8) is 0 Å². The summed E-state index contributed by atoms with van der Waals surface area (Å²) in [6, 6.07) is 8.25. The van der Waals surface area contributed by atoms with Crippen LogP contribution >= 0.6 is 0 Å². The topological polar surface area (TPSA) is 111 Å². The van der Waals surface area contributed by atoms with Gasteiger partial charge in [-0.3, -0.25) is 20.2 Å². The van der Waals surface area contributed by atoms with Crippen molar-refractivity contribution in [1.29, 1.82) is 0 Å². The second kappa shape index (κ2) is 6.73. The van der Waals surface area contributed by atoms with Gasteiger partial charge in [0.25, 0.3) is 0 Å². The molecule has 3 aromatic rings. The van der Waals surface area contributed by atoms with Crippen LogP contribution in [0.3, 0.4) is 0 Å². The first-order valence-corrected chi connectivity index (χ1v) is 7.19. The third kappa shape index (κ3) is 3.29. The summed E-state index contributed by atoms with van der Waals surface area (Å²) in [5.74, 6) is 0.588. The lowest BCUT2D eigenvalue weighted by molar-refractivity contribution is -0.401. The predicted octanol–water partition coefficient (Wildman–Crippen LogP) is 2.91. The molecule has 0 spiro atoms. The van der Waals surface area contributed by atoms with E-state index < -0.39 is 4.92 Å². The van der Waals surface area contributed by atoms with Gasteiger partial charge in [0, 0.05) is 24.5 Å². The van der Waals surface area contributed by atoms with Gasteiger partial charge in [0.15, 0.2) is 5.76 Å². The zero-order valence-electron chi connectivity index (χ0n) is 12.8. The minimum absolute atomic E-state index is 0.313. The predicted molar refractivity (Wildman–Crippen MR) is 87.7 cm³/mol. The Bertz CT molecular complexity index is 868. The molecule has 0 bridgehead atoms. The molecule has 3 heterocycles. The molecule has 0 saturated carbocycles. The molecule has 0 aliphatic carbocycles. The fourth-order valence-electron chi connectivity index (χ4n) is 2.03. The van der Waals surface area contributed by atoms with Crippen LogP contribution in [0.2, 0.25) is 0 Å². The van der Waals surface area contributed by atoms with Gasteiger partial charge < -0.3 is 4.42 Å². The van der Waals surface area contributed by atoms with Crippen LogP contribution in [0.15, 0.2) is 52.2 Å². The fraction of sp³-hybridized carbons (Fsp3) is 0.133. The fourth-order valence-corrected chi connectivity index (χ4v) is 2.03. The summed E-state index contributed by atoms with van der Waals surface area (Å²) in [5, 5.41) is 19.2. The molecule has 3 aromatic heterocycles. The number of pyridine rings is 1. The Labute approximate surface area is 136 Å². The Morgan fingerprint density at radius 1 is 1.42 bits per heavy atom. The lowest BCUT2D eigenvalue weighted by atomic mass is 10.2. The van der Waals surface area contributed by atoms with E-state index in [0.29, 0.717) is 29.4 Å². The first kappa shape index (κ1) is 15.4. The lowest BCUT2D eigenvalue weighted by Crippen LogP contribution is -1.93. The van der Waals surface area contributed by atoms with E-state index in [2.05, 4.69) is 20.6 Å². The highest BCUT2D eigenvalue weighted by molar-refractivity contribution is 5.87. The van der Waals surface area contributed by atoms with Crippen molar-refractivity contribution in [2.24, 2.45) is 5.10 Å². The minimum atomic E-state index is -0.587. The van der Waals surface area contributed by atoms with E-state index in [4.69, 9.17) is 4.42 Å². The third-order valence-electron chi connectivity index (χ3n) is 3.17. The Balaban J connectivity index is 1.86. The van der Waals surface area contributed by atoms with E-state index in [0.717, 1.165) is 0 Å². The number of hydrogen-bond donors (Lipinski definition) is 1. The number of nitro groups is 1. The minimum Gasteiger partial charge on any atom is -0.399 e. The molecule has 9 heteroatoms. The maximum absolute atomic E-state index is 10.8. The maximum Gasteiger partial charge on any atom is 0.433 e. The zero-order valence-corrected chi connectivity index (χ0v) is 12.8. The van der Waals surface area contributed by atoms with E-state index in [-0.39, 0.29) is 5.88 Å². The number of aryl methyl sites for hydroxylation is 1. The summed E-state index contributed by atoms with van der Waals surface area (Å²) in [5.41, 5.74) is 3.96. The molecule has 0 atom stereocenters. The molecular formula is C15H14N6O3. The number of nitrogens with one attached hydrogen (secondary N) is 1. The molecule has 0 fully saturated rings. The largest absolute Gasteiger partial charge is 0.433 e. The standard InChI is InChI=1S/C15H14N6O3/c1-2-20-10-11(9-17-18-13-5-3-4-8-16-13)15(19-20)12-6-7-14(24-12)21(22)23/h3-10H,2H2,1H3,(H,16,18)/b17-9+. The third-order valence-corrected chi connectivity index (χ3v) is 3.17. The molecule has 24 heavy (non-hydrogen) atoms. The van der Waals surface area contributed by atoms with Gasteiger partial charge in [0.05, 0.1) is 12.3 Å². The van der Waals surface area contributed by atoms with Crippen LogP contribution < -0.4 is 5.43 Å². The van der Waals surface area contributed by atoms with Crippen molar-refractivity contribution >= 4 is 17.9 Å². The van der Waals surface area contributed by atoms with Gasteiger partial charge in [-0.25, -0.2) is 4.98 Å². The number of furan rings is 1. The summed E-state index contributed by atoms with van der Waals surface area (Å²) >= 11 is 0. The number of rotatable bonds is 6. The van der Waals surface area contributed by atoms with Crippen LogP contribution in [0.5, 0.6) is 0 Å². The molecule has 9 nitrogen and oxygen atoms in total. The van der Waals surface area contributed by atoms with Crippen LogP contribution in [0.1, 0.15) is 12.5 Å². The Hall–Kier alpha value is -3.49. The first-order chi connectivity index (χ1) is 11.7. The molecule has 122 valence electrons. The average molecular weight is 326 g/mol. The number of hydrogen-bond acceptors (Lipinski definition) is 7. The van der Waals surface area contributed by atoms with Crippen molar-refractivity contribution in [3.05, 3.63) is 58.4 Å². The van der Waals surface area contributed by atoms with Gasteiger partial charge in [0.2, 0.25) is 0 Å². The highest BCUT2D eigenvalue weighted by Crippen LogP contribution is 2.27. The molecular weight excluding hydrogens is 312 g/mol. The van der Waals surface area contributed by atoms with Crippen molar-refractivity contribution in [1.82, 2.24) is 14.8 Å². The maximum atomic E-state index is 10.8. The second-order valence-corrected chi connectivity index (χ2v) is 4.77. The van der Waals surface area contributed by atoms with Gasteiger partial charge in [-0.05, 0) is 25.1 Å². The summed E-state index contributed by atoms with van der Waals surface area (Å²) in [6.45, 7) is 2.59. The van der Waals surface area contributed by atoms with E-state index >= 15 is 0 Å². The first-order valence-electron chi connectivity index (χ1n) is 7.19. The summed E-state index contributed by atoms with van der Waals surface area (Å²) in [4.78, 5) is 14.3. The Morgan fingerprint density at radius 2 is 2.29 bits per heavy atom. The van der Waals surface area contributed by atoms with Crippen LogP contribution in [-0.2, 0) is 6.54 Å². The van der Waals surface area contributed by atoms with Gasteiger partial charge in [-0.2, -0.15) is 10.2 Å². The number of hydrazone groups is 1. The molecule has 0 unspecified atom stereocenters. The monoisotopic (exact) mass is 326 g/mol. The highest BCUT2D eigenvalue weighted by Gasteiger charge is 2.18. The van der Waals surface area contributed by atoms with Crippen molar-refractivity contribution in [2.75, 3.05) is 5.43 Å². The van der Waals surface area contributed by atoms with E-state index in [1.54, 1.807) is 29.4 Å². The summed E-state index contributed by atoms with van der Waals surface area (Å²) < 4.78 is 6.93. The van der Waals surface area contributed by atoms with Gasteiger partial charge >= 0.3 is 5.88 Å². The summed E-state index contributed by atoms with van der Waals surface area (Å²) in [6.07, 6.45) is 5.01. The van der Waals surface area contributed by atoms with E-state index in [1.807, 2.05) is 19.1 Å². The number of anilines is 1. The molecule has 0 aromatic carbocycles. The van der Waals surface area contributed by atoms with Crippen LogP contribution in [0, 0.1) is 10.1 Å². The Kier molecular flexibility index (Phi) is 4.32. The Morgan fingerprint density at radius 3 is 2.96 bits per heavy atom. The van der Waals surface area contributed by atoms with Crippen molar-refractivity contribution in [3.8, 4) is 11.5 Å². The van der Waals surface area contributed by atoms with Gasteiger partial charge in [0.1, 0.15) is 16.4 Å². The zero-order chi connectivity index (χ0) is 16.9. The summed E-state index contributed by atoms with van der Waals surface area (Å²) in [7, 11) is 0. The van der Waals surface area contributed by atoms with Crippen LogP contribution in [0.4, 0.5) is 11.7 Å². The highest BCUT2D eigenvalue weighted by atomic mass is 16.6. The smallest absolute Gasteiger partial charge is 0.399 e. The number of nitrogens with zero attached hydrogens (tertiary/aromatic N) is 5. The van der Waals surface area contributed by atoms with E-state index in [9.17, 15) is 10.1 Å². The molecule has 0 saturated heterocycles. The van der Waals surface area contributed by atoms with E-state index in [1.165, 1.54) is 12.1 Å². The van der Waals surface area contributed by atoms with Gasteiger partial charge in [-0.1, -0.05) is 6.07 Å². The van der Waals surface area contributed by atoms with Crippen molar-refractivity contribution in [2.45, 2.75) is 13.5 Å². The van der Waals surface area contributed by atoms with Gasteiger partial charge in [-0.15, -0.1) is 0 Å². The molecule has 0 radical (unpaired) electrons. The second-order valence-electron chi connectivity index (χ2n) is 4.77. The molecule has 0 aliphatic heterocycles. The number of aromatic nitrogens is 3. The molecule has 0 aliphatic rings. The molecule has 1 N–H and O–H groups in total. The lowest BCUT2D eigenvalue weighted by Gasteiger charge is -1.97. The van der Waals surface area contributed by atoms with Crippen LogP contribution in [-0.4, -0.2) is 25.9 Å². The molecule has 0 amide bonds. The molecule has 3 rings (SSSR count). The quantitative estimate of drug-likeness (QED) is 0.423. The average Bonchev–Trinajstić information content (AvgIpc) is 3.22. The normalized spacial score (nSPS) is 11.0. The SMILES string of the molecule is CCn1cc(/C=N/Nc2ccccn2)c(-c2ccc([N+](=O)[O-])o2)n1. The van der Waals surface area contributed by atoms with Crippen LogP contribution in [0.25, 0.3) is 11.5 Å². The van der Waals surface area contributed by atoms with Crippen molar-refractivity contribution < 1.29 is 9.34 Å².